The number of carbonyl (C=O) groups excluding carboxylic acids is 1. The summed E-state index contributed by atoms with van der Waals surface area (Å²) in [5, 5.41) is 12.0. The Morgan fingerprint density at radius 3 is 2.59 bits per heavy atom. The van der Waals surface area contributed by atoms with Gasteiger partial charge in [-0.2, -0.15) is 0 Å². The molecule has 0 aliphatic rings. The number of pyridine rings is 1. The van der Waals surface area contributed by atoms with Gasteiger partial charge in [-0.25, -0.2) is 4.79 Å². The predicted octanol–water partition coefficient (Wildman–Crippen LogP) is 2.21. The second kappa shape index (κ2) is 8.58. The lowest BCUT2D eigenvalue weighted by Gasteiger charge is -2.21. The van der Waals surface area contributed by atoms with E-state index in [9.17, 15) is 14.4 Å². The van der Waals surface area contributed by atoms with Gasteiger partial charge in [-0.15, -0.1) is 0 Å². The molecule has 2 N–H and O–H groups in total. The molecule has 1 aromatic heterocycles. The molecule has 0 aliphatic heterocycles. The lowest BCUT2D eigenvalue weighted by molar-refractivity contribution is -0.142. The van der Waals surface area contributed by atoms with E-state index in [1.807, 2.05) is 6.92 Å². The molecule has 0 fully saturated rings. The summed E-state index contributed by atoms with van der Waals surface area (Å²) < 4.78 is 1.23. The zero-order chi connectivity index (χ0) is 16.7. The van der Waals surface area contributed by atoms with Crippen LogP contribution in [-0.4, -0.2) is 27.6 Å². The van der Waals surface area contributed by atoms with Gasteiger partial charge in [0.05, 0.1) is 5.02 Å². The first-order valence-electron chi connectivity index (χ1n) is 7.31. The van der Waals surface area contributed by atoms with Crippen molar-refractivity contribution in [2.24, 2.45) is 0 Å². The number of nitrogens with one attached hydrogen (secondary N) is 1. The van der Waals surface area contributed by atoms with Crippen LogP contribution in [0.4, 0.5) is 0 Å². The first-order chi connectivity index (χ1) is 10.4. The normalized spacial score (nSPS) is 13.4. The number of nitrogens with zero attached hydrogens (tertiary/aromatic N) is 1. The van der Waals surface area contributed by atoms with E-state index in [-0.39, 0.29) is 5.56 Å². The lowest BCUT2D eigenvalue weighted by atomic mass is 10.1. The number of rotatable bonds is 8. The summed E-state index contributed by atoms with van der Waals surface area (Å²) in [4.78, 5) is 35.4. The molecule has 1 aromatic rings. The highest BCUT2D eigenvalue weighted by Crippen LogP contribution is 2.13. The van der Waals surface area contributed by atoms with Crippen LogP contribution in [0.15, 0.2) is 23.1 Å². The number of carbonyl (C=O) groups is 2. The summed E-state index contributed by atoms with van der Waals surface area (Å²) in [5.41, 5.74) is -0.355. The van der Waals surface area contributed by atoms with E-state index >= 15 is 0 Å². The van der Waals surface area contributed by atoms with Crippen LogP contribution in [0.5, 0.6) is 0 Å². The van der Waals surface area contributed by atoms with E-state index in [0.29, 0.717) is 24.3 Å². The Morgan fingerprint density at radius 1 is 1.36 bits per heavy atom. The van der Waals surface area contributed by atoms with E-state index < -0.39 is 24.0 Å². The van der Waals surface area contributed by atoms with Crippen LogP contribution in [0.25, 0.3) is 0 Å². The largest absolute Gasteiger partial charge is 0.480 e. The molecule has 2 atom stereocenters. The van der Waals surface area contributed by atoms with Gasteiger partial charge >= 0.3 is 5.97 Å². The molecule has 1 rings (SSSR count). The second-order valence-corrected chi connectivity index (χ2v) is 5.49. The van der Waals surface area contributed by atoms with Crippen molar-refractivity contribution in [3.63, 3.8) is 0 Å². The van der Waals surface area contributed by atoms with Crippen LogP contribution < -0.4 is 10.9 Å². The number of carboxylic acid groups (broad SMARTS) is 1. The molecule has 1 heterocycles. The molecule has 0 bridgehead atoms. The lowest BCUT2D eigenvalue weighted by Crippen LogP contribution is -2.45. The Labute approximate surface area is 134 Å². The smallest absolute Gasteiger partial charge is 0.326 e. The van der Waals surface area contributed by atoms with Gasteiger partial charge in [0.25, 0.3) is 5.56 Å². The number of hydrogen-bond donors (Lipinski definition) is 2. The highest BCUT2D eigenvalue weighted by molar-refractivity contribution is 6.30. The fraction of sp³-hybridized carbons (Fsp3) is 0.533. The minimum Gasteiger partial charge on any atom is -0.480 e. The van der Waals surface area contributed by atoms with Gasteiger partial charge in [0.2, 0.25) is 5.91 Å². The third kappa shape index (κ3) is 4.87. The Bertz CT molecular complexity index is 585. The Balaban J connectivity index is 2.94. The number of halogens is 1. The Morgan fingerprint density at radius 2 is 2.05 bits per heavy atom. The molecule has 0 radical (unpaired) electrons. The molecular formula is C15H21ClN2O4. The standard InChI is InChI=1S/C15H21ClN2O4/c1-3-5-6-11(15(21)22)17-14(20)12(4-2)18-9-10(16)7-8-13(18)19/h7-9,11-12H,3-6H2,1-2H3,(H,17,20)(H,21,22). The van der Waals surface area contributed by atoms with Gasteiger partial charge in [-0.1, -0.05) is 38.3 Å². The van der Waals surface area contributed by atoms with Crippen molar-refractivity contribution in [3.8, 4) is 0 Å². The number of hydrogen-bond acceptors (Lipinski definition) is 3. The number of amides is 1. The molecule has 7 heteroatoms. The van der Waals surface area contributed by atoms with E-state index in [4.69, 9.17) is 16.7 Å². The zero-order valence-electron chi connectivity index (χ0n) is 12.7. The molecule has 0 spiro atoms. The van der Waals surface area contributed by atoms with Crippen molar-refractivity contribution in [1.29, 1.82) is 0 Å². The van der Waals surface area contributed by atoms with Crippen LogP contribution in [0.1, 0.15) is 45.6 Å². The van der Waals surface area contributed by atoms with E-state index in [0.717, 1.165) is 6.42 Å². The van der Waals surface area contributed by atoms with Crippen LogP contribution >= 0.6 is 11.6 Å². The molecule has 0 saturated heterocycles. The van der Waals surface area contributed by atoms with Crippen molar-refractivity contribution >= 4 is 23.5 Å². The van der Waals surface area contributed by atoms with Crippen LogP contribution in [0.3, 0.4) is 0 Å². The van der Waals surface area contributed by atoms with Crippen molar-refractivity contribution in [2.45, 2.75) is 51.6 Å². The second-order valence-electron chi connectivity index (χ2n) is 5.06. The van der Waals surface area contributed by atoms with Gasteiger partial charge in [-0.3, -0.25) is 9.59 Å². The maximum Gasteiger partial charge on any atom is 0.326 e. The summed E-state index contributed by atoms with van der Waals surface area (Å²) in [6.45, 7) is 3.69. The van der Waals surface area contributed by atoms with Crippen LogP contribution in [-0.2, 0) is 9.59 Å². The molecule has 22 heavy (non-hydrogen) atoms. The SMILES string of the molecule is CCCCC(NC(=O)C(CC)n1cc(Cl)ccc1=O)C(=O)O. The molecule has 0 aliphatic carbocycles. The minimum atomic E-state index is -1.07. The zero-order valence-corrected chi connectivity index (χ0v) is 13.5. The summed E-state index contributed by atoms with van der Waals surface area (Å²) >= 11 is 5.86. The summed E-state index contributed by atoms with van der Waals surface area (Å²) in [7, 11) is 0. The van der Waals surface area contributed by atoms with E-state index in [2.05, 4.69) is 5.32 Å². The molecule has 6 nitrogen and oxygen atoms in total. The average Bonchev–Trinajstić information content (AvgIpc) is 2.47. The minimum absolute atomic E-state index is 0.339. The fourth-order valence-corrected chi connectivity index (χ4v) is 2.33. The van der Waals surface area contributed by atoms with Gasteiger partial charge < -0.3 is 15.0 Å². The quantitative estimate of drug-likeness (QED) is 0.765. The molecule has 122 valence electrons. The number of carboxylic acids is 1. The molecule has 2 unspecified atom stereocenters. The van der Waals surface area contributed by atoms with Crippen molar-refractivity contribution in [2.75, 3.05) is 0 Å². The Hall–Kier alpha value is -1.82. The van der Waals surface area contributed by atoms with Gasteiger partial charge in [-0.05, 0) is 18.9 Å². The maximum absolute atomic E-state index is 12.3. The predicted molar refractivity (Wildman–Crippen MR) is 84.1 cm³/mol. The number of unbranched alkanes of at least 4 members (excludes halogenated alkanes) is 1. The third-order valence-corrected chi connectivity index (χ3v) is 3.61. The van der Waals surface area contributed by atoms with Crippen molar-refractivity contribution < 1.29 is 14.7 Å². The first kappa shape index (κ1) is 18.2. The molecule has 0 saturated carbocycles. The third-order valence-electron chi connectivity index (χ3n) is 3.39. The molecular weight excluding hydrogens is 308 g/mol. The van der Waals surface area contributed by atoms with Crippen molar-refractivity contribution in [1.82, 2.24) is 9.88 Å². The average molecular weight is 329 g/mol. The van der Waals surface area contributed by atoms with Crippen LogP contribution in [0.2, 0.25) is 5.02 Å². The van der Waals surface area contributed by atoms with Gasteiger partial charge in [0, 0.05) is 12.3 Å². The first-order valence-corrected chi connectivity index (χ1v) is 7.69. The topological polar surface area (TPSA) is 88.4 Å². The van der Waals surface area contributed by atoms with E-state index in [1.165, 1.54) is 22.9 Å². The highest BCUT2D eigenvalue weighted by Gasteiger charge is 2.25. The monoisotopic (exact) mass is 328 g/mol. The number of aliphatic carboxylic acids is 1. The van der Waals surface area contributed by atoms with Gasteiger partial charge in [0.15, 0.2) is 0 Å². The maximum atomic E-state index is 12.3. The Kier molecular flexibility index (Phi) is 7.11. The summed E-state index contributed by atoms with van der Waals surface area (Å²) in [6, 6.07) is 1.00. The summed E-state index contributed by atoms with van der Waals surface area (Å²) in [5.74, 6) is -1.56. The van der Waals surface area contributed by atoms with Crippen molar-refractivity contribution in [3.05, 3.63) is 33.7 Å². The highest BCUT2D eigenvalue weighted by atomic mass is 35.5. The fourth-order valence-electron chi connectivity index (χ4n) is 2.16. The molecule has 1 amide bonds. The van der Waals surface area contributed by atoms with Crippen LogP contribution in [0, 0.1) is 0 Å². The van der Waals surface area contributed by atoms with Gasteiger partial charge in [0.1, 0.15) is 12.1 Å². The summed E-state index contributed by atoms with van der Waals surface area (Å²) in [6.07, 6.45) is 3.64. The van der Waals surface area contributed by atoms with E-state index in [1.54, 1.807) is 6.92 Å². The number of aromatic nitrogens is 1. The molecule has 0 aromatic carbocycles.